The molecule has 7 fully saturated rings. The lowest BCUT2D eigenvalue weighted by molar-refractivity contribution is -0.303. The molecule has 7 aliphatic rings. The number of epoxide rings is 1. The smallest absolute Gasteiger partial charge is 0.302 e. The quantitative estimate of drug-likeness (QED) is 0.181. The fraction of sp³-hybridized carbons (Fsp3) is 0.946. The molecular weight excluding hydrogens is 604 g/mol. The lowest BCUT2D eigenvalue weighted by Gasteiger charge is -2.63. The maximum absolute atomic E-state index is 14.2. The van der Waals surface area contributed by atoms with E-state index in [0.29, 0.717) is 12.3 Å². The first-order valence-electron chi connectivity index (χ1n) is 18.2. The van der Waals surface area contributed by atoms with Crippen molar-refractivity contribution in [1.29, 1.82) is 0 Å². The van der Waals surface area contributed by atoms with Crippen LogP contribution in [0.15, 0.2) is 0 Å². The van der Waals surface area contributed by atoms with E-state index in [0.717, 1.165) is 44.9 Å². The molecule has 2 spiro atoms. The lowest BCUT2D eigenvalue weighted by Crippen LogP contribution is -2.61. The molecule has 2 aliphatic heterocycles. The highest BCUT2D eigenvalue weighted by atomic mass is 16.7. The van der Waals surface area contributed by atoms with Gasteiger partial charge in [0.15, 0.2) is 12.1 Å². The van der Waals surface area contributed by atoms with Crippen LogP contribution >= 0.6 is 0 Å². The molecule has 5 aliphatic carbocycles. The number of fused-ring (bicyclic) bond motifs is 2. The number of rotatable bonds is 7. The molecule has 0 bridgehead atoms. The Hall–Kier alpha value is -1.14. The van der Waals surface area contributed by atoms with E-state index in [-0.39, 0.29) is 75.6 Å². The molecule has 0 aromatic heterocycles. The highest BCUT2D eigenvalue weighted by Gasteiger charge is 2.84. The second kappa shape index (κ2) is 10.7. The Labute approximate surface area is 279 Å². The van der Waals surface area contributed by atoms with E-state index >= 15 is 0 Å². The number of carbonyl (C=O) groups excluding carboxylic acids is 2. The van der Waals surface area contributed by atoms with Crippen molar-refractivity contribution in [2.24, 2.45) is 50.7 Å². The first kappa shape index (κ1) is 34.3. The summed E-state index contributed by atoms with van der Waals surface area (Å²) in [4.78, 5) is 26.3. The Morgan fingerprint density at radius 1 is 0.936 bits per heavy atom. The predicted molar refractivity (Wildman–Crippen MR) is 170 cm³/mol. The summed E-state index contributed by atoms with van der Waals surface area (Å²) >= 11 is 0. The Morgan fingerprint density at radius 2 is 1.57 bits per heavy atom. The number of hydrogen-bond acceptors (Lipinski definition) is 10. The van der Waals surface area contributed by atoms with E-state index in [4.69, 9.17) is 18.9 Å². The van der Waals surface area contributed by atoms with Crippen LogP contribution in [0.3, 0.4) is 0 Å². The molecule has 4 N–H and O–H groups in total. The van der Waals surface area contributed by atoms with E-state index in [1.54, 1.807) is 0 Å². The molecular formula is C37H58O10. The number of ether oxygens (including phenoxy) is 4. The second-order valence-electron chi connectivity index (χ2n) is 18.4. The van der Waals surface area contributed by atoms with Crippen LogP contribution < -0.4 is 0 Å². The first-order chi connectivity index (χ1) is 21.8. The molecule has 10 heteroatoms. The average Bonchev–Trinajstić information content (AvgIpc) is 3.84. The van der Waals surface area contributed by atoms with Crippen molar-refractivity contribution in [2.75, 3.05) is 6.61 Å². The Kier molecular flexibility index (Phi) is 7.80. The summed E-state index contributed by atoms with van der Waals surface area (Å²) in [6.45, 7) is 16.4. The molecule has 2 saturated heterocycles. The summed E-state index contributed by atoms with van der Waals surface area (Å²) in [5.41, 5.74) is -1.34. The molecule has 10 nitrogen and oxygen atoms in total. The van der Waals surface area contributed by atoms with Gasteiger partial charge in [0.1, 0.15) is 36.6 Å². The number of esters is 1. The molecule has 0 amide bonds. The van der Waals surface area contributed by atoms with Crippen molar-refractivity contribution in [3.63, 3.8) is 0 Å². The Bertz CT molecular complexity index is 1300. The summed E-state index contributed by atoms with van der Waals surface area (Å²) in [5, 5.41) is 42.8. The summed E-state index contributed by atoms with van der Waals surface area (Å²) in [6, 6.07) is 0. The van der Waals surface area contributed by atoms with Gasteiger partial charge in [-0.3, -0.25) is 9.59 Å². The number of aliphatic hydroxyl groups excluding tert-OH is 4. The highest BCUT2D eigenvalue weighted by Crippen LogP contribution is 2.89. The van der Waals surface area contributed by atoms with Crippen LogP contribution in [-0.4, -0.2) is 93.4 Å². The summed E-state index contributed by atoms with van der Waals surface area (Å²) in [5.74, 6) is -0.211. The van der Waals surface area contributed by atoms with E-state index in [1.807, 2.05) is 13.8 Å². The van der Waals surface area contributed by atoms with Crippen molar-refractivity contribution in [3.8, 4) is 0 Å². The van der Waals surface area contributed by atoms with Gasteiger partial charge in [-0.25, -0.2) is 0 Å². The number of aliphatic hydroxyl groups is 4. The zero-order valence-corrected chi connectivity index (χ0v) is 29.5. The molecule has 16 atom stereocenters. The standard InChI is InChI=1S/C37H58O10/c1-18(15-21(45-19(2)38)30-33(5,6)47-30)25-27(41)29(43)35(8)23-10-9-22-32(3,4)24(46-31-28(42)26(40)20(39)16-44-31)11-12-36(22)17-37(23,36)14-13-34(25,35)7/h18,20-26,28-31,39-40,42-43H,9-17H2,1-8H3/t18-,20+,21-,22-,23+,24+,25+,26+,28-,29+,30+,31+,34-,35-,36-,37+/m1/s1. The molecule has 0 aromatic carbocycles. The molecule has 0 unspecified atom stereocenters. The number of Topliss-reactive ketones (excluding diaryl/α,β-unsaturated/α-hetero) is 1. The van der Waals surface area contributed by atoms with Crippen LogP contribution in [0, 0.1) is 50.7 Å². The van der Waals surface area contributed by atoms with Gasteiger partial charge < -0.3 is 39.4 Å². The summed E-state index contributed by atoms with van der Waals surface area (Å²) in [7, 11) is 0. The summed E-state index contributed by atoms with van der Waals surface area (Å²) in [6.07, 6.45) is 0.666. The van der Waals surface area contributed by atoms with Gasteiger partial charge in [-0.1, -0.05) is 34.6 Å². The topological polar surface area (TPSA) is 155 Å². The molecule has 0 aromatic rings. The van der Waals surface area contributed by atoms with Crippen LogP contribution in [-0.2, 0) is 28.5 Å². The largest absolute Gasteiger partial charge is 0.460 e. The van der Waals surface area contributed by atoms with Crippen molar-refractivity contribution in [3.05, 3.63) is 0 Å². The maximum atomic E-state index is 14.2. The molecule has 47 heavy (non-hydrogen) atoms. The fourth-order valence-electron chi connectivity index (χ4n) is 13.2. The number of hydrogen-bond donors (Lipinski definition) is 4. The van der Waals surface area contributed by atoms with Gasteiger partial charge in [-0.2, -0.15) is 0 Å². The normalized spacial score (nSPS) is 53.5. The predicted octanol–water partition coefficient (Wildman–Crippen LogP) is 3.53. The first-order valence-corrected chi connectivity index (χ1v) is 18.2. The van der Waals surface area contributed by atoms with Gasteiger partial charge in [0.25, 0.3) is 0 Å². The van der Waals surface area contributed by atoms with Crippen LogP contribution in [0.1, 0.15) is 107 Å². The number of ketones is 1. The van der Waals surface area contributed by atoms with E-state index in [2.05, 4.69) is 34.6 Å². The van der Waals surface area contributed by atoms with Crippen LogP contribution in [0.25, 0.3) is 0 Å². The van der Waals surface area contributed by atoms with E-state index in [9.17, 15) is 30.0 Å². The third-order valence-electron chi connectivity index (χ3n) is 15.7. The highest BCUT2D eigenvalue weighted by molar-refractivity contribution is 5.90. The van der Waals surface area contributed by atoms with Gasteiger partial charge in [-0.05, 0) is 105 Å². The van der Waals surface area contributed by atoms with Crippen molar-refractivity contribution < 1.29 is 49.0 Å². The van der Waals surface area contributed by atoms with Gasteiger partial charge in [0, 0.05) is 18.3 Å². The van der Waals surface area contributed by atoms with Gasteiger partial charge >= 0.3 is 5.97 Å². The van der Waals surface area contributed by atoms with E-state index < -0.39 is 42.2 Å². The van der Waals surface area contributed by atoms with Crippen LogP contribution in [0.4, 0.5) is 0 Å². The van der Waals surface area contributed by atoms with Gasteiger partial charge in [0.2, 0.25) is 0 Å². The fourth-order valence-corrected chi connectivity index (χ4v) is 13.2. The van der Waals surface area contributed by atoms with Crippen LogP contribution in [0.5, 0.6) is 0 Å². The maximum Gasteiger partial charge on any atom is 0.302 e. The minimum Gasteiger partial charge on any atom is -0.460 e. The van der Waals surface area contributed by atoms with E-state index in [1.165, 1.54) is 6.92 Å². The molecule has 0 radical (unpaired) electrons. The van der Waals surface area contributed by atoms with Gasteiger partial charge in [0.05, 0.1) is 18.3 Å². The average molecular weight is 663 g/mol. The third-order valence-corrected chi connectivity index (χ3v) is 15.7. The zero-order valence-electron chi connectivity index (χ0n) is 29.5. The number of carbonyl (C=O) groups is 2. The van der Waals surface area contributed by atoms with Crippen molar-refractivity contribution in [1.82, 2.24) is 0 Å². The van der Waals surface area contributed by atoms with Crippen LogP contribution in [0.2, 0.25) is 0 Å². The Balaban J connectivity index is 1.12. The van der Waals surface area contributed by atoms with Gasteiger partial charge in [-0.15, -0.1) is 0 Å². The molecule has 266 valence electrons. The molecule has 7 rings (SSSR count). The monoisotopic (exact) mass is 662 g/mol. The van der Waals surface area contributed by atoms with Crippen molar-refractivity contribution >= 4 is 11.8 Å². The lowest BCUT2D eigenvalue weighted by atomic mass is 9.41. The van der Waals surface area contributed by atoms with Crippen molar-refractivity contribution in [2.45, 2.75) is 161 Å². The minimum atomic E-state index is -1.31. The minimum absolute atomic E-state index is 0.0512. The molecule has 5 saturated carbocycles. The zero-order chi connectivity index (χ0) is 34.3. The third kappa shape index (κ3) is 4.53. The second-order valence-corrected chi connectivity index (χ2v) is 18.4. The Morgan fingerprint density at radius 3 is 2.21 bits per heavy atom. The summed E-state index contributed by atoms with van der Waals surface area (Å²) < 4.78 is 23.7. The molecule has 2 heterocycles. The SMILES string of the molecule is CC(=O)O[C@H](C[C@@H](C)[C@H]1C(=O)[C@H](O)[C@@]2(C)[C@@H]3CC[C@@H]4C(C)(C)[C@@H](O[C@@H]5OC[C@H](O)[C@H](O)[C@H]5O)CC[C@@]45C[C@@]35CC[C@]12C)[C@@H]1OC1(C)C.